The SMILES string of the molecule is BrC1CNCc2ccccc21. The summed E-state index contributed by atoms with van der Waals surface area (Å²) in [5, 5.41) is 3.34. The normalized spacial score (nSPS) is 22.8. The second-order valence-electron chi connectivity index (χ2n) is 2.80. The van der Waals surface area contributed by atoms with Crippen LogP contribution in [0.4, 0.5) is 0 Å². The Labute approximate surface area is 74.9 Å². The van der Waals surface area contributed by atoms with Crippen molar-refractivity contribution in [3.8, 4) is 0 Å². The zero-order chi connectivity index (χ0) is 7.68. The lowest BCUT2D eigenvalue weighted by molar-refractivity contribution is 0.640. The van der Waals surface area contributed by atoms with Crippen LogP contribution in [-0.2, 0) is 6.54 Å². The van der Waals surface area contributed by atoms with Crippen LogP contribution in [0.2, 0.25) is 0 Å². The number of hydrogen-bond acceptors (Lipinski definition) is 1. The third-order valence-corrected chi connectivity index (χ3v) is 2.85. The zero-order valence-corrected chi connectivity index (χ0v) is 7.76. The predicted molar refractivity (Wildman–Crippen MR) is 49.8 cm³/mol. The van der Waals surface area contributed by atoms with Crippen LogP contribution in [0.15, 0.2) is 24.3 Å². The van der Waals surface area contributed by atoms with Crippen LogP contribution in [0.5, 0.6) is 0 Å². The molecule has 0 aromatic heterocycles. The van der Waals surface area contributed by atoms with Crippen LogP contribution in [-0.4, -0.2) is 6.54 Å². The molecule has 58 valence electrons. The second-order valence-corrected chi connectivity index (χ2v) is 3.90. The Bertz CT molecular complexity index is 259. The summed E-state index contributed by atoms with van der Waals surface area (Å²) in [6.45, 7) is 2.05. The van der Waals surface area contributed by atoms with Crippen LogP contribution in [0.1, 0.15) is 16.0 Å². The van der Waals surface area contributed by atoms with E-state index < -0.39 is 0 Å². The van der Waals surface area contributed by atoms with Gasteiger partial charge in [0.05, 0.1) is 4.83 Å². The Morgan fingerprint density at radius 2 is 2.18 bits per heavy atom. The molecule has 1 aromatic carbocycles. The number of alkyl halides is 1. The van der Waals surface area contributed by atoms with E-state index >= 15 is 0 Å². The van der Waals surface area contributed by atoms with Gasteiger partial charge in [-0.1, -0.05) is 40.2 Å². The molecule has 0 saturated heterocycles. The monoisotopic (exact) mass is 211 g/mol. The van der Waals surface area contributed by atoms with Crippen LogP contribution >= 0.6 is 15.9 Å². The van der Waals surface area contributed by atoms with E-state index in [1.807, 2.05) is 0 Å². The van der Waals surface area contributed by atoms with Gasteiger partial charge in [0.25, 0.3) is 0 Å². The summed E-state index contributed by atoms with van der Waals surface area (Å²) in [7, 11) is 0. The number of fused-ring (bicyclic) bond motifs is 1. The molecule has 1 heterocycles. The van der Waals surface area contributed by atoms with Crippen molar-refractivity contribution in [3.05, 3.63) is 35.4 Å². The molecule has 0 aliphatic carbocycles. The average Bonchev–Trinajstić information content (AvgIpc) is 2.06. The van der Waals surface area contributed by atoms with E-state index in [9.17, 15) is 0 Å². The first-order chi connectivity index (χ1) is 5.38. The molecule has 1 aromatic rings. The third-order valence-electron chi connectivity index (χ3n) is 2.03. The number of halogens is 1. The molecule has 1 aliphatic heterocycles. The summed E-state index contributed by atoms with van der Waals surface area (Å²) < 4.78 is 0. The van der Waals surface area contributed by atoms with Crippen molar-refractivity contribution < 1.29 is 0 Å². The summed E-state index contributed by atoms with van der Waals surface area (Å²) in [5.41, 5.74) is 2.85. The number of hydrogen-bond donors (Lipinski definition) is 1. The summed E-state index contributed by atoms with van der Waals surface area (Å²) in [6.07, 6.45) is 0. The predicted octanol–water partition coefficient (Wildman–Crippen LogP) is 2.23. The maximum Gasteiger partial charge on any atom is 0.0523 e. The van der Waals surface area contributed by atoms with Crippen molar-refractivity contribution in [1.29, 1.82) is 0 Å². The number of rotatable bonds is 0. The van der Waals surface area contributed by atoms with Gasteiger partial charge < -0.3 is 5.32 Å². The highest BCUT2D eigenvalue weighted by atomic mass is 79.9. The summed E-state index contributed by atoms with van der Waals surface area (Å²) >= 11 is 3.62. The van der Waals surface area contributed by atoms with E-state index in [1.165, 1.54) is 11.1 Å². The molecular weight excluding hydrogens is 202 g/mol. The molecule has 0 radical (unpaired) electrons. The minimum atomic E-state index is 0.493. The standard InChI is InChI=1S/C9H10BrN/c10-9-6-11-5-7-3-1-2-4-8(7)9/h1-4,9,11H,5-6H2. The summed E-state index contributed by atoms with van der Waals surface area (Å²) in [5.74, 6) is 0. The Morgan fingerprint density at radius 1 is 1.36 bits per heavy atom. The molecule has 0 amide bonds. The van der Waals surface area contributed by atoms with Gasteiger partial charge in [-0.15, -0.1) is 0 Å². The molecule has 0 spiro atoms. The smallest absolute Gasteiger partial charge is 0.0523 e. The van der Waals surface area contributed by atoms with Gasteiger partial charge in [-0.2, -0.15) is 0 Å². The van der Waals surface area contributed by atoms with Gasteiger partial charge in [0.15, 0.2) is 0 Å². The molecular formula is C9H10BrN. The molecule has 2 rings (SSSR count). The van der Waals surface area contributed by atoms with Crippen LogP contribution in [0, 0.1) is 0 Å². The maximum absolute atomic E-state index is 3.62. The highest BCUT2D eigenvalue weighted by Gasteiger charge is 2.15. The van der Waals surface area contributed by atoms with Crippen molar-refractivity contribution in [3.63, 3.8) is 0 Å². The van der Waals surface area contributed by atoms with Gasteiger partial charge in [-0.25, -0.2) is 0 Å². The molecule has 1 atom stereocenters. The fraction of sp³-hybridized carbons (Fsp3) is 0.333. The summed E-state index contributed by atoms with van der Waals surface area (Å²) in [4.78, 5) is 0.493. The van der Waals surface area contributed by atoms with E-state index in [2.05, 4.69) is 45.5 Å². The minimum Gasteiger partial charge on any atom is -0.311 e. The zero-order valence-electron chi connectivity index (χ0n) is 6.18. The topological polar surface area (TPSA) is 12.0 Å². The van der Waals surface area contributed by atoms with Gasteiger partial charge in [-0.05, 0) is 11.1 Å². The van der Waals surface area contributed by atoms with Gasteiger partial charge >= 0.3 is 0 Å². The molecule has 11 heavy (non-hydrogen) atoms. The Morgan fingerprint density at radius 3 is 3.00 bits per heavy atom. The molecule has 1 aliphatic rings. The average molecular weight is 212 g/mol. The quantitative estimate of drug-likeness (QED) is 0.650. The van der Waals surface area contributed by atoms with Gasteiger partial charge in [0.1, 0.15) is 0 Å². The fourth-order valence-electron chi connectivity index (χ4n) is 1.44. The van der Waals surface area contributed by atoms with Crippen molar-refractivity contribution >= 4 is 15.9 Å². The van der Waals surface area contributed by atoms with Gasteiger partial charge in [-0.3, -0.25) is 0 Å². The first-order valence-corrected chi connectivity index (χ1v) is 4.72. The van der Waals surface area contributed by atoms with Gasteiger partial charge in [0.2, 0.25) is 0 Å². The number of benzene rings is 1. The van der Waals surface area contributed by atoms with Crippen LogP contribution in [0.25, 0.3) is 0 Å². The Hall–Kier alpha value is -0.340. The molecule has 2 heteroatoms. The molecule has 1 nitrogen and oxygen atoms in total. The highest BCUT2D eigenvalue weighted by molar-refractivity contribution is 9.09. The van der Waals surface area contributed by atoms with E-state index in [0.29, 0.717) is 4.83 Å². The van der Waals surface area contributed by atoms with E-state index in [-0.39, 0.29) is 0 Å². The largest absolute Gasteiger partial charge is 0.311 e. The van der Waals surface area contributed by atoms with E-state index in [4.69, 9.17) is 0 Å². The second kappa shape index (κ2) is 2.95. The molecule has 0 fully saturated rings. The summed E-state index contributed by atoms with van der Waals surface area (Å²) in [6, 6.07) is 8.55. The first-order valence-electron chi connectivity index (χ1n) is 3.80. The lowest BCUT2D eigenvalue weighted by Crippen LogP contribution is -2.25. The molecule has 1 N–H and O–H groups in total. The van der Waals surface area contributed by atoms with Crippen LogP contribution < -0.4 is 5.32 Å². The van der Waals surface area contributed by atoms with Crippen molar-refractivity contribution in [1.82, 2.24) is 5.32 Å². The maximum atomic E-state index is 3.62. The Kier molecular flexibility index (Phi) is 1.96. The van der Waals surface area contributed by atoms with Crippen LogP contribution in [0.3, 0.4) is 0 Å². The molecule has 0 saturated carbocycles. The van der Waals surface area contributed by atoms with Crippen molar-refractivity contribution in [2.75, 3.05) is 6.54 Å². The number of nitrogens with one attached hydrogen (secondary N) is 1. The molecule has 1 unspecified atom stereocenters. The minimum absolute atomic E-state index is 0.493. The lowest BCUT2D eigenvalue weighted by atomic mass is 10.0. The molecule has 0 bridgehead atoms. The fourth-order valence-corrected chi connectivity index (χ4v) is 2.12. The lowest BCUT2D eigenvalue weighted by Gasteiger charge is -2.21. The Balaban J connectivity index is 2.44. The van der Waals surface area contributed by atoms with Gasteiger partial charge in [0, 0.05) is 13.1 Å². The van der Waals surface area contributed by atoms with E-state index in [1.54, 1.807) is 0 Å². The van der Waals surface area contributed by atoms with Crippen molar-refractivity contribution in [2.45, 2.75) is 11.4 Å². The first kappa shape index (κ1) is 7.32. The van der Waals surface area contributed by atoms with E-state index in [0.717, 1.165) is 13.1 Å². The highest BCUT2D eigenvalue weighted by Crippen LogP contribution is 2.27. The van der Waals surface area contributed by atoms with Crippen molar-refractivity contribution in [2.24, 2.45) is 0 Å². The third kappa shape index (κ3) is 1.33.